The molecule has 0 spiro atoms. The second-order valence-electron chi connectivity index (χ2n) is 5.32. The molecule has 0 amide bonds. The van der Waals surface area contributed by atoms with Gasteiger partial charge in [-0.25, -0.2) is 4.68 Å². The highest BCUT2D eigenvalue weighted by molar-refractivity contribution is 5.54. The van der Waals surface area contributed by atoms with Gasteiger partial charge in [0.15, 0.2) is 0 Å². The van der Waals surface area contributed by atoms with Crippen LogP contribution in [-0.4, -0.2) is 16.4 Å². The van der Waals surface area contributed by atoms with Crippen LogP contribution in [0.4, 0.5) is 5.69 Å². The van der Waals surface area contributed by atoms with Crippen LogP contribution in [0.3, 0.4) is 0 Å². The smallest absolute Gasteiger partial charge is 0.235 e. The Bertz CT molecular complexity index is 380. The van der Waals surface area contributed by atoms with Gasteiger partial charge in [-0.05, 0) is 18.3 Å². The third kappa shape index (κ3) is 2.56. The second-order valence-corrected chi connectivity index (χ2v) is 5.32. The van der Waals surface area contributed by atoms with Crippen LogP contribution in [0.5, 0.6) is 5.88 Å². The average molecular weight is 237 g/mol. The van der Waals surface area contributed by atoms with Crippen LogP contribution in [0.25, 0.3) is 0 Å². The van der Waals surface area contributed by atoms with E-state index in [1.807, 2.05) is 7.05 Å². The molecule has 1 aliphatic carbocycles. The van der Waals surface area contributed by atoms with Gasteiger partial charge in [-0.2, -0.15) is 5.10 Å². The normalized spacial score (nSPS) is 16.2. The van der Waals surface area contributed by atoms with Crippen LogP contribution in [0.1, 0.15) is 51.1 Å². The molecule has 2 N–H and O–H groups in total. The monoisotopic (exact) mass is 237 g/mol. The van der Waals surface area contributed by atoms with Crippen molar-refractivity contribution in [1.82, 2.24) is 9.78 Å². The SMILES string of the molecule is CC(C)c1nn(C)c(OCCC2CCC2)c1N. The maximum atomic E-state index is 6.06. The van der Waals surface area contributed by atoms with E-state index in [1.165, 1.54) is 19.3 Å². The number of rotatable bonds is 5. The molecule has 0 atom stereocenters. The van der Waals surface area contributed by atoms with E-state index in [2.05, 4.69) is 18.9 Å². The average Bonchev–Trinajstić information content (AvgIpc) is 2.48. The molecule has 0 aromatic carbocycles. The van der Waals surface area contributed by atoms with Gasteiger partial charge >= 0.3 is 0 Å². The van der Waals surface area contributed by atoms with E-state index in [9.17, 15) is 0 Å². The van der Waals surface area contributed by atoms with Crippen molar-refractivity contribution in [3.8, 4) is 5.88 Å². The van der Waals surface area contributed by atoms with E-state index in [0.717, 1.165) is 30.5 Å². The molecule has 1 heterocycles. The Kier molecular flexibility index (Phi) is 3.60. The number of aryl methyl sites for hydroxylation is 1. The van der Waals surface area contributed by atoms with Gasteiger partial charge in [-0.3, -0.25) is 0 Å². The zero-order chi connectivity index (χ0) is 12.4. The summed E-state index contributed by atoms with van der Waals surface area (Å²) < 4.78 is 7.54. The first-order valence-corrected chi connectivity index (χ1v) is 6.54. The number of hydrogen-bond donors (Lipinski definition) is 1. The van der Waals surface area contributed by atoms with Gasteiger partial charge in [0.2, 0.25) is 5.88 Å². The van der Waals surface area contributed by atoms with Crippen LogP contribution >= 0.6 is 0 Å². The molecular weight excluding hydrogens is 214 g/mol. The fourth-order valence-corrected chi connectivity index (χ4v) is 2.25. The molecule has 1 aromatic rings. The van der Waals surface area contributed by atoms with Crippen molar-refractivity contribution < 1.29 is 4.74 Å². The van der Waals surface area contributed by atoms with Crippen LogP contribution in [0.15, 0.2) is 0 Å². The molecule has 0 unspecified atom stereocenters. The molecule has 1 fully saturated rings. The standard InChI is InChI=1S/C13H23N3O/c1-9(2)12-11(14)13(16(3)15-12)17-8-7-10-5-4-6-10/h9-10H,4-8,14H2,1-3H3. The Hall–Kier alpha value is -1.19. The molecule has 0 radical (unpaired) electrons. The zero-order valence-corrected chi connectivity index (χ0v) is 11.1. The van der Waals surface area contributed by atoms with E-state index in [4.69, 9.17) is 10.5 Å². The minimum atomic E-state index is 0.338. The van der Waals surface area contributed by atoms with Crippen LogP contribution in [-0.2, 0) is 7.05 Å². The summed E-state index contributed by atoms with van der Waals surface area (Å²) in [6.45, 7) is 4.94. The Balaban J connectivity index is 1.94. The van der Waals surface area contributed by atoms with Crippen LogP contribution in [0.2, 0.25) is 0 Å². The molecule has 2 rings (SSSR count). The number of nitrogens with zero attached hydrogens (tertiary/aromatic N) is 2. The van der Waals surface area contributed by atoms with E-state index in [0.29, 0.717) is 11.6 Å². The number of nitrogen functional groups attached to an aromatic ring is 1. The molecule has 0 bridgehead atoms. The summed E-state index contributed by atoms with van der Waals surface area (Å²) >= 11 is 0. The summed E-state index contributed by atoms with van der Waals surface area (Å²) in [6.07, 6.45) is 5.25. The molecule has 1 aliphatic rings. The molecule has 0 saturated heterocycles. The minimum Gasteiger partial charge on any atom is -0.476 e. The molecule has 17 heavy (non-hydrogen) atoms. The minimum absolute atomic E-state index is 0.338. The lowest BCUT2D eigenvalue weighted by Gasteiger charge is -2.24. The maximum Gasteiger partial charge on any atom is 0.235 e. The van der Waals surface area contributed by atoms with Crippen molar-refractivity contribution in [2.24, 2.45) is 13.0 Å². The highest BCUT2D eigenvalue weighted by Crippen LogP contribution is 2.32. The number of nitrogens with two attached hydrogens (primary N) is 1. The van der Waals surface area contributed by atoms with Gasteiger partial charge in [0.05, 0.1) is 12.3 Å². The van der Waals surface area contributed by atoms with Gasteiger partial charge in [0.25, 0.3) is 0 Å². The van der Waals surface area contributed by atoms with Crippen LogP contribution < -0.4 is 10.5 Å². The fraction of sp³-hybridized carbons (Fsp3) is 0.769. The Morgan fingerprint density at radius 1 is 1.47 bits per heavy atom. The second kappa shape index (κ2) is 4.98. The van der Waals surface area contributed by atoms with Crippen molar-refractivity contribution in [3.05, 3.63) is 5.69 Å². The maximum absolute atomic E-state index is 6.06. The van der Waals surface area contributed by atoms with Gasteiger partial charge in [0.1, 0.15) is 5.69 Å². The molecule has 1 aromatic heterocycles. The van der Waals surface area contributed by atoms with Crippen molar-refractivity contribution in [2.45, 2.75) is 45.4 Å². The van der Waals surface area contributed by atoms with Crippen molar-refractivity contribution >= 4 is 5.69 Å². The van der Waals surface area contributed by atoms with Gasteiger partial charge in [-0.1, -0.05) is 33.1 Å². The van der Waals surface area contributed by atoms with E-state index in [1.54, 1.807) is 4.68 Å². The third-order valence-electron chi connectivity index (χ3n) is 3.59. The Morgan fingerprint density at radius 3 is 2.65 bits per heavy atom. The summed E-state index contributed by atoms with van der Waals surface area (Å²) in [5, 5.41) is 4.41. The molecular formula is C13H23N3O. The molecule has 4 heteroatoms. The summed E-state index contributed by atoms with van der Waals surface area (Å²) in [7, 11) is 1.89. The summed E-state index contributed by atoms with van der Waals surface area (Å²) in [4.78, 5) is 0. The highest BCUT2D eigenvalue weighted by atomic mass is 16.5. The first kappa shape index (κ1) is 12.3. The van der Waals surface area contributed by atoms with E-state index in [-0.39, 0.29) is 0 Å². The molecule has 1 saturated carbocycles. The lowest BCUT2D eigenvalue weighted by Crippen LogP contribution is -2.15. The first-order chi connectivity index (χ1) is 8.09. The summed E-state index contributed by atoms with van der Waals surface area (Å²) in [5.74, 6) is 1.94. The zero-order valence-electron chi connectivity index (χ0n) is 11.1. The predicted molar refractivity (Wildman–Crippen MR) is 69.2 cm³/mol. The highest BCUT2D eigenvalue weighted by Gasteiger charge is 2.19. The Morgan fingerprint density at radius 2 is 2.18 bits per heavy atom. The number of ether oxygens (including phenoxy) is 1. The lowest BCUT2D eigenvalue weighted by molar-refractivity contribution is 0.212. The predicted octanol–water partition coefficient (Wildman–Crippen LogP) is 2.69. The molecule has 4 nitrogen and oxygen atoms in total. The number of hydrogen-bond acceptors (Lipinski definition) is 3. The summed E-state index contributed by atoms with van der Waals surface area (Å²) in [5.41, 5.74) is 7.70. The van der Waals surface area contributed by atoms with E-state index < -0.39 is 0 Å². The van der Waals surface area contributed by atoms with Crippen LogP contribution in [0, 0.1) is 5.92 Å². The van der Waals surface area contributed by atoms with Crippen molar-refractivity contribution in [3.63, 3.8) is 0 Å². The topological polar surface area (TPSA) is 53.1 Å². The largest absolute Gasteiger partial charge is 0.476 e. The van der Waals surface area contributed by atoms with Gasteiger partial charge < -0.3 is 10.5 Å². The van der Waals surface area contributed by atoms with Gasteiger partial charge in [-0.15, -0.1) is 0 Å². The number of aromatic nitrogens is 2. The molecule has 96 valence electrons. The first-order valence-electron chi connectivity index (χ1n) is 6.54. The number of anilines is 1. The van der Waals surface area contributed by atoms with E-state index >= 15 is 0 Å². The van der Waals surface area contributed by atoms with Gasteiger partial charge in [0, 0.05) is 7.05 Å². The van der Waals surface area contributed by atoms with Crippen molar-refractivity contribution in [1.29, 1.82) is 0 Å². The summed E-state index contributed by atoms with van der Waals surface area (Å²) in [6, 6.07) is 0. The molecule has 0 aliphatic heterocycles. The lowest BCUT2D eigenvalue weighted by atomic mass is 9.83. The quantitative estimate of drug-likeness (QED) is 0.856. The van der Waals surface area contributed by atoms with Crippen molar-refractivity contribution in [2.75, 3.05) is 12.3 Å². The Labute approximate surface area is 103 Å². The fourth-order valence-electron chi connectivity index (χ4n) is 2.25. The third-order valence-corrected chi connectivity index (χ3v) is 3.59.